The maximum atomic E-state index is 11.6. The molecule has 1 heterocycles. The Morgan fingerprint density at radius 2 is 1.76 bits per heavy atom. The number of hydrazine groups is 1. The van der Waals surface area contributed by atoms with Crippen molar-refractivity contribution in [1.29, 1.82) is 0 Å². The lowest BCUT2D eigenvalue weighted by Gasteiger charge is -2.12. The van der Waals surface area contributed by atoms with Crippen LogP contribution in [-0.2, 0) is 14.4 Å². The van der Waals surface area contributed by atoms with Crippen LogP contribution in [0.15, 0.2) is 0 Å². The largest absolute Gasteiger partial charge is 0.353 e. The minimum absolute atomic E-state index is 0.0654. The van der Waals surface area contributed by atoms with Crippen molar-refractivity contribution in [3.8, 4) is 0 Å². The summed E-state index contributed by atoms with van der Waals surface area (Å²) in [6.45, 7) is 0. The van der Waals surface area contributed by atoms with Crippen molar-refractivity contribution in [1.82, 2.24) is 16.2 Å². The fourth-order valence-electron chi connectivity index (χ4n) is 2.32. The van der Waals surface area contributed by atoms with Crippen LogP contribution in [0.25, 0.3) is 0 Å². The van der Waals surface area contributed by atoms with Crippen molar-refractivity contribution in [2.45, 2.75) is 44.6 Å². The molecule has 0 radical (unpaired) electrons. The second kappa shape index (κ2) is 5.16. The summed E-state index contributed by atoms with van der Waals surface area (Å²) in [6.07, 6.45) is 4.90. The van der Waals surface area contributed by atoms with E-state index in [9.17, 15) is 14.4 Å². The zero-order valence-corrected chi connectivity index (χ0v) is 9.62. The molecule has 6 nitrogen and oxygen atoms in total. The first-order valence-corrected chi connectivity index (χ1v) is 6.06. The molecule has 0 spiro atoms. The van der Waals surface area contributed by atoms with Crippen molar-refractivity contribution >= 4 is 17.7 Å². The third-order valence-corrected chi connectivity index (χ3v) is 3.32. The van der Waals surface area contributed by atoms with Gasteiger partial charge in [-0.05, 0) is 19.3 Å². The van der Waals surface area contributed by atoms with Gasteiger partial charge in [0.25, 0.3) is 11.8 Å². The molecule has 6 heteroatoms. The highest BCUT2D eigenvalue weighted by molar-refractivity contribution is 6.05. The van der Waals surface area contributed by atoms with Gasteiger partial charge >= 0.3 is 0 Å². The van der Waals surface area contributed by atoms with Crippen molar-refractivity contribution < 1.29 is 14.4 Å². The Morgan fingerprint density at radius 1 is 1.18 bits per heavy atom. The van der Waals surface area contributed by atoms with E-state index in [-0.39, 0.29) is 36.6 Å². The Morgan fingerprint density at radius 3 is 2.35 bits per heavy atom. The first-order chi connectivity index (χ1) is 8.16. The van der Waals surface area contributed by atoms with E-state index in [0.29, 0.717) is 0 Å². The maximum Gasteiger partial charge on any atom is 0.251 e. The van der Waals surface area contributed by atoms with E-state index in [1.807, 2.05) is 0 Å². The second-order valence-corrected chi connectivity index (χ2v) is 4.62. The zero-order chi connectivity index (χ0) is 12.3. The summed E-state index contributed by atoms with van der Waals surface area (Å²) in [7, 11) is 0. The summed E-state index contributed by atoms with van der Waals surface area (Å²) in [5.41, 5.74) is 4.49. The van der Waals surface area contributed by atoms with Crippen molar-refractivity contribution in [2.75, 3.05) is 0 Å². The molecule has 94 valence electrons. The van der Waals surface area contributed by atoms with Gasteiger partial charge in [0.2, 0.25) is 5.91 Å². The first kappa shape index (κ1) is 11.9. The average molecular weight is 239 g/mol. The van der Waals surface area contributed by atoms with Crippen LogP contribution >= 0.6 is 0 Å². The minimum atomic E-state index is -0.718. The zero-order valence-electron chi connectivity index (χ0n) is 9.62. The SMILES string of the molecule is O=C(CCC1C(=O)NNC1=O)NC1CCCC1. The quantitative estimate of drug-likeness (QED) is 0.583. The molecule has 1 saturated carbocycles. The highest BCUT2D eigenvalue weighted by Crippen LogP contribution is 2.18. The van der Waals surface area contributed by atoms with Crippen LogP contribution in [0.3, 0.4) is 0 Å². The van der Waals surface area contributed by atoms with Crippen LogP contribution < -0.4 is 16.2 Å². The molecule has 0 aromatic carbocycles. The van der Waals surface area contributed by atoms with Gasteiger partial charge in [0.05, 0.1) is 0 Å². The molecule has 0 bridgehead atoms. The van der Waals surface area contributed by atoms with Gasteiger partial charge in [-0.25, -0.2) is 0 Å². The summed E-state index contributed by atoms with van der Waals surface area (Å²) < 4.78 is 0. The Labute approximate surface area is 99.5 Å². The highest BCUT2D eigenvalue weighted by atomic mass is 16.2. The van der Waals surface area contributed by atoms with Crippen LogP contribution in [-0.4, -0.2) is 23.8 Å². The molecule has 2 rings (SSSR count). The van der Waals surface area contributed by atoms with Gasteiger partial charge in [0.15, 0.2) is 0 Å². The van der Waals surface area contributed by atoms with Crippen LogP contribution in [0.2, 0.25) is 0 Å². The molecule has 17 heavy (non-hydrogen) atoms. The number of hydrogen-bond donors (Lipinski definition) is 3. The van der Waals surface area contributed by atoms with Gasteiger partial charge in [-0.2, -0.15) is 0 Å². The Kier molecular flexibility index (Phi) is 3.61. The lowest BCUT2D eigenvalue weighted by molar-refractivity contribution is -0.128. The van der Waals surface area contributed by atoms with Gasteiger partial charge < -0.3 is 5.32 Å². The average Bonchev–Trinajstić information content (AvgIpc) is 2.88. The molecule has 0 atom stereocenters. The van der Waals surface area contributed by atoms with Gasteiger partial charge in [0.1, 0.15) is 5.92 Å². The van der Waals surface area contributed by atoms with Crippen LogP contribution in [0.5, 0.6) is 0 Å². The summed E-state index contributed by atoms with van der Waals surface area (Å²) in [5.74, 6) is -1.47. The highest BCUT2D eigenvalue weighted by Gasteiger charge is 2.33. The van der Waals surface area contributed by atoms with Crippen LogP contribution in [0, 0.1) is 5.92 Å². The summed E-state index contributed by atoms with van der Waals surface area (Å²) in [6, 6.07) is 0.286. The molecular weight excluding hydrogens is 222 g/mol. The number of amides is 3. The molecule has 1 saturated heterocycles. The summed E-state index contributed by atoms with van der Waals surface area (Å²) in [5, 5.41) is 2.93. The van der Waals surface area contributed by atoms with Crippen molar-refractivity contribution in [3.63, 3.8) is 0 Å². The van der Waals surface area contributed by atoms with E-state index in [2.05, 4.69) is 16.2 Å². The van der Waals surface area contributed by atoms with Crippen LogP contribution in [0.4, 0.5) is 0 Å². The lowest BCUT2D eigenvalue weighted by Crippen LogP contribution is -2.33. The van der Waals surface area contributed by atoms with E-state index >= 15 is 0 Å². The molecule has 1 aliphatic heterocycles. The number of rotatable bonds is 4. The van der Waals surface area contributed by atoms with E-state index in [4.69, 9.17) is 0 Å². The third-order valence-electron chi connectivity index (χ3n) is 3.32. The lowest BCUT2D eigenvalue weighted by atomic mass is 10.0. The molecule has 2 aliphatic rings. The van der Waals surface area contributed by atoms with Crippen LogP contribution in [0.1, 0.15) is 38.5 Å². The van der Waals surface area contributed by atoms with Crippen molar-refractivity contribution in [2.24, 2.45) is 5.92 Å². The van der Waals surface area contributed by atoms with Gasteiger partial charge in [-0.15, -0.1) is 0 Å². The van der Waals surface area contributed by atoms with Gasteiger partial charge in [-0.3, -0.25) is 25.2 Å². The minimum Gasteiger partial charge on any atom is -0.353 e. The van der Waals surface area contributed by atoms with E-state index in [1.54, 1.807) is 0 Å². The Hall–Kier alpha value is -1.59. The molecule has 3 amide bonds. The topological polar surface area (TPSA) is 87.3 Å². The predicted octanol–water partition coefficient (Wildman–Crippen LogP) is -0.397. The molecular formula is C11H17N3O3. The molecule has 0 aromatic heterocycles. The first-order valence-electron chi connectivity index (χ1n) is 6.06. The van der Waals surface area contributed by atoms with Crippen molar-refractivity contribution in [3.05, 3.63) is 0 Å². The second-order valence-electron chi connectivity index (χ2n) is 4.62. The fraction of sp³-hybridized carbons (Fsp3) is 0.727. The molecule has 3 N–H and O–H groups in total. The van der Waals surface area contributed by atoms with E-state index in [0.717, 1.165) is 12.8 Å². The maximum absolute atomic E-state index is 11.6. The van der Waals surface area contributed by atoms with Gasteiger partial charge in [-0.1, -0.05) is 12.8 Å². The standard InChI is InChI=1S/C11H17N3O3/c15-9(12-7-3-1-2-4-7)6-5-8-10(16)13-14-11(8)17/h7-8H,1-6H2,(H,12,15)(H,13,16)(H,14,17). The van der Waals surface area contributed by atoms with E-state index < -0.39 is 5.92 Å². The molecule has 2 fully saturated rings. The number of carbonyl (C=O) groups excluding carboxylic acids is 3. The normalized spacial score (nSPS) is 21.4. The molecule has 0 unspecified atom stereocenters. The Bertz CT molecular complexity index is 321. The summed E-state index contributed by atoms with van der Waals surface area (Å²) >= 11 is 0. The monoisotopic (exact) mass is 239 g/mol. The number of nitrogens with one attached hydrogen (secondary N) is 3. The molecule has 1 aliphatic carbocycles. The third kappa shape index (κ3) is 2.95. The molecule has 0 aromatic rings. The number of hydrogen-bond acceptors (Lipinski definition) is 3. The van der Waals surface area contributed by atoms with E-state index in [1.165, 1.54) is 12.8 Å². The van der Waals surface area contributed by atoms with Gasteiger partial charge in [0, 0.05) is 12.5 Å². The smallest absolute Gasteiger partial charge is 0.251 e. The Balaban J connectivity index is 1.72. The summed E-state index contributed by atoms with van der Waals surface area (Å²) in [4.78, 5) is 34.0. The fourth-order valence-corrected chi connectivity index (χ4v) is 2.32. The number of carbonyl (C=O) groups is 3. The predicted molar refractivity (Wildman–Crippen MR) is 59.4 cm³/mol.